The summed E-state index contributed by atoms with van der Waals surface area (Å²) < 4.78 is 0.590. The van der Waals surface area contributed by atoms with Crippen LogP contribution < -0.4 is 5.90 Å². The number of halogens is 1. The number of hydrogen-bond donors (Lipinski definition) is 1. The van der Waals surface area contributed by atoms with Crippen LogP contribution in [0.4, 0.5) is 5.69 Å². The molecule has 1 saturated carbocycles. The van der Waals surface area contributed by atoms with Crippen LogP contribution in [0.5, 0.6) is 0 Å². The summed E-state index contributed by atoms with van der Waals surface area (Å²) in [6, 6.07) is 1.46. The van der Waals surface area contributed by atoms with Crippen LogP contribution in [0.1, 0.15) is 18.5 Å². The number of pyridine rings is 1. The smallest absolute Gasteiger partial charge is 0.292 e. The van der Waals surface area contributed by atoms with Gasteiger partial charge in [-0.1, -0.05) is 0 Å². The second kappa shape index (κ2) is 4.08. The van der Waals surface area contributed by atoms with Crippen LogP contribution >= 0.6 is 15.9 Å². The van der Waals surface area contributed by atoms with Crippen LogP contribution in [0, 0.1) is 10.1 Å². The molecule has 1 heterocycles. The molecule has 0 radical (unpaired) electrons. The number of nitro groups is 1. The summed E-state index contributed by atoms with van der Waals surface area (Å²) in [6.07, 6.45) is 3.19. The molecule has 6 nitrogen and oxygen atoms in total. The highest BCUT2D eigenvalue weighted by molar-refractivity contribution is 9.10. The van der Waals surface area contributed by atoms with Gasteiger partial charge in [0.2, 0.25) is 0 Å². The van der Waals surface area contributed by atoms with Crippen molar-refractivity contribution in [3.05, 3.63) is 32.5 Å². The second-order valence-electron chi connectivity index (χ2n) is 3.87. The molecule has 0 saturated heterocycles. The number of aromatic nitrogens is 1. The van der Waals surface area contributed by atoms with Gasteiger partial charge < -0.3 is 4.84 Å². The van der Waals surface area contributed by atoms with E-state index >= 15 is 0 Å². The first-order valence-electron chi connectivity index (χ1n) is 4.71. The van der Waals surface area contributed by atoms with Gasteiger partial charge in [-0.25, -0.2) is 5.90 Å². The van der Waals surface area contributed by atoms with Crippen molar-refractivity contribution in [2.45, 2.75) is 18.3 Å². The highest BCUT2D eigenvalue weighted by Gasteiger charge is 2.50. The van der Waals surface area contributed by atoms with E-state index in [4.69, 9.17) is 5.90 Å². The maximum Gasteiger partial charge on any atom is 0.292 e. The molecule has 0 bridgehead atoms. The Morgan fingerprint density at radius 1 is 1.69 bits per heavy atom. The molecule has 1 aliphatic carbocycles. The third-order valence-corrected chi connectivity index (χ3v) is 3.18. The predicted molar refractivity (Wildman–Crippen MR) is 59.6 cm³/mol. The molecular formula is C9H10BrN3O3. The first-order valence-corrected chi connectivity index (χ1v) is 5.50. The lowest BCUT2D eigenvalue weighted by atomic mass is 10.0. The van der Waals surface area contributed by atoms with E-state index in [2.05, 4.69) is 25.8 Å². The Labute approximate surface area is 100 Å². The van der Waals surface area contributed by atoms with Crippen molar-refractivity contribution in [2.24, 2.45) is 5.90 Å². The second-order valence-corrected chi connectivity index (χ2v) is 4.79. The van der Waals surface area contributed by atoms with Crippen molar-refractivity contribution in [2.75, 3.05) is 6.61 Å². The zero-order valence-electron chi connectivity index (χ0n) is 8.35. The van der Waals surface area contributed by atoms with Crippen LogP contribution in [0.3, 0.4) is 0 Å². The number of nitrogens with two attached hydrogens (primary N) is 1. The lowest BCUT2D eigenvalue weighted by Gasteiger charge is -2.12. The van der Waals surface area contributed by atoms with Gasteiger partial charge in [0, 0.05) is 22.2 Å². The Morgan fingerprint density at radius 2 is 2.38 bits per heavy atom. The van der Waals surface area contributed by atoms with Crippen molar-refractivity contribution in [1.29, 1.82) is 0 Å². The Balaban J connectivity index is 2.44. The van der Waals surface area contributed by atoms with E-state index in [0.717, 1.165) is 12.8 Å². The van der Waals surface area contributed by atoms with Gasteiger partial charge in [-0.05, 0) is 28.8 Å². The SMILES string of the molecule is NOCC1(c2ncc(Br)cc2[N+](=O)[O-])CC1. The quantitative estimate of drug-likeness (QED) is 0.672. The van der Waals surface area contributed by atoms with E-state index in [1.807, 2.05) is 0 Å². The fraction of sp³-hybridized carbons (Fsp3) is 0.444. The Kier molecular flexibility index (Phi) is 2.92. The molecule has 1 aliphatic rings. The third kappa shape index (κ3) is 1.93. The van der Waals surface area contributed by atoms with Crippen molar-refractivity contribution >= 4 is 21.6 Å². The van der Waals surface area contributed by atoms with Crippen LogP contribution in [-0.2, 0) is 10.3 Å². The van der Waals surface area contributed by atoms with Gasteiger partial charge >= 0.3 is 0 Å². The Morgan fingerprint density at radius 3 is 2.88 bits per heavy atom. The van der Waals surface area contributed by atoms with Gasteiger partial charge in [-0.15, -0.1) is 0 Å². The highest BCUT2D eigenvalue weighted by atomic mass is 79.9. The largest absolute Gasteiger partial charge is 0.304 e. The molecule has 16 heavy (non-hydrogen) atoms. The molecule has 0 aliphatic heterocycles. The maximum atomic E-state index is 10.9. The van der Waals surface area contributed by atoms with Crippen molar-refractivity contribution in [3.8, 4) is 0 Å². The standard InChI is InChI=1S/C9H10BrN3O3/c10-6-3-7(13(14)15)8(12-4-6)9(1-2-9)5-16-11/h3-4H,1-2,5,11H2. The number of rotatable bonds is 4. The summed E-state index contributed by atoms with van der Waals surface area (Å²) >= 11 is 3.17. The van der Waals surface area contributed by atoms with Gasteiger partial charge in [-0.3, -0.25) is 15.1 Å². The van der Waals surface area contributed by atoms with Gasteiger partial charge in [0.25, 0.3) is 5.69 Å². The molecule has 0 aromatic carbocycles. The van der Waals surface area contributed by atoms with Gasteiger partial charge in [-0.2, -0.15) is 0 Å². The summed E-state index contributed by atoms with van der Waals surface area (Å²) in [5.41, 5.74) is 0.118. The Hall–Kier alpha value is -1.05. The van der Waals surface area contributed by atoms with Crippen molar-refractivity contribution in [3.63, 3.8) is 0 Å². The lowest BCUT2D eigenvalue weighted by molar-refractivity contribution is -0.386. The van der Waals surface area contributed by atoms with Crippen LogP contribution in [0.25, 0.3) is 0 Å². The summed E-state index contributed by atoms with van der Waals surface area (Å²) in [7, 11) is 0. The number of hydrogen-bond acceptors (Lipinski definition) is 5. The molecule has 7 heteroatoms. The number of nitrogens with zero attached hydrogens (tertiary/aromatic N) is 2. The molecular weight excluding hydrogens is 278 g/mol. The molecule has 0 spiro atoms. The van der Waals surface area contributed by atoms with E-state index in [1.165, 1.54) is 6.07 Å². The zero-order chi connectivity index (χ0) is 11.8. The summed E-state index contributed by atoms with van der Waals surface area (Å²) in [5, 5.41) is 10.9. The van der Waals surface area contributed by atoms with Crippen LogP contribution in [0.2, 0.25) is 0 Å². The van der Waals surface area contributed by atoms with E-state index in [-0.39, 0.29) is 17.7 Å². The highest BCUT2D eigenvalue weighted by Crippen LogP contribution is 2.50. The molecule has 2 N–H and O–H groups in total. The monoisotopic (exact) mass is 287 g/mol. The molecule has 1 fully saturated rings. The fourth-order valence-corrected chi connectivity index (χ4v) is 2.06. The van der Waals surface area contributed by atoms with E-state index < -0.39 is 4.92 Å². The van der Waals surface area contributed by atoms with Gasteiger partial charge in [0.15, 0.2) is 0 Å². The van der Waals surface area contributed by atoms with E-state index in [9.17, 15) is 10.1 Å². The van der Waals surface area contributed by atoms with Crippen molar-refractivity contribution < 1.29 is 9.76 Å². The van der Waals surface area contributed by atoms with Gasteiger partial charge in [0.05, 0.1) is 11.5 Å². The van der Waals surface area contributed by atoms with Gasteiger partial charge in [0.1, 0.15) is 5.69 Å². The Bertz CT molecular complexity index is 434. The van der Waals surface area contributed by atoms with Crippen molar-refractivity contribution in [1.82, 2.24) is 4.98 Å². The summed E-state index contributed by atoms with van der Waals surface area (Å²) in [6.45, 7) is 0.266. The average molecular weight is 288 g/mol. The van der Waals surface area contributed by atoms with Crippen LogP contribution in [-0.4, -0.2) is 16.5 Å². The minimum absolute atomic E-state index is 0.0175. The lowest BCUT2D eigenvalue weighted by Crippen LogP contribution is -2.20. The fourth-order valence-electron chi connectivity index (χ4n) is 1.74. The maximum absolute atomic E-state index is 10.9. The topological polar surface area (TPSA) is 91.3 Å². The zero-order valence-corrected chi connectivity index (χ0v) is 9.94. The first kappa shape index (κ1) is 11.4. The van der Waals surface area contributed by atoms with E-state index in [1.54, 1.807) is 6.20 Å². The van der Waals surface area contributed by atoms with Crippen LogP contribution in [0.15, 0.2) is 16.7 Å². The molecule has 0 unspecified atom stereocenters. The third-order valence-electron chi connectivity index (χ3n) is 2.75. The molecule has 0 atom stereocenters. The van der Waals surface area contributed by atoms with E-state index in [0.29, 0.717) is 10.2 Å². The summed E-state index contributed by atoms with van der Waals surface area (Å²) in [4.78, 5) is 19.2. The molecule has 1 aromatic rings. The minimum Gasteiger partial charge on any atom is -0.304 e. The molecule has 1 aromatic heterocycles. The normalized spacial score (nSPS) is 17.1. The summed E-state index contributed by atoms with van der Waals surface area (Å²) in [5.74, 6) is 5.04. The minimum atomic E-state index is -0.427. The predicted octanol–water partition coefficient (Wildman–Crippen LogP) is 1.67. The molecule has 86 valence electrons. The molecule has 2 rings (SSSR count). The first-order chi connectivity index (χ1) is 7.59. The molecule has 0 amide bonds. The average Bonchev–Trinajstić information content (AvgIpc) is 2.99.